The van der Waals surface area contributed by atoms with Gasteiger partial charge < -0.3 is 9.73 Å². The van der Waals surface area contributed by atoms with Gasteiger partial charge in [-0.3, -0.25) is 4.72 Å². The van der Waals surface area contributed by atoms with Gasteiger partial charge in [0.2, 0.25) is 5.09 Å². The summed E-state index contributed by atoms with van der Waals surface area (Å²) in [6, 6.07) is 10.4. The number of para-hydroxylation sites is 1. The molecular weight excluding hydrogens is 288 g/mol. The maximum absolute atomic E-state index is 12.3. The Morgan fingerprint density at radius 2 is 1.90 bits per heavy atom. The van der Waals surface area contributed by atoms with E-state index in [0.29, 0.717) is 18.0 Å². The zero-order valence-electron chi connectivity index (χ0n) is 12.2. The molecule has 114 valence electrons. The largest absolute Gasteiger partial charge is 0.446 e. The van der Waals surface area contributed by atoms with Crippen LogP contribution >= 0.6 is 0 Å². The van der Waals surface area contributed by atoms with Crippen LogP contribution in [0.4, 0.5) is 5.69 Å². The van der Waals surface area contributed by atoms with Gasteiger partial charge in [0.15, 0.2) is 0 Å². The first-order valence-corrected chi connectivity index (χ1v) is 8.39. The molecule has 2 aromatic rings. The van der Waals surface area contributed by atoms with Crippen molar-refractivity contribution >= 4 is 15.7 Å². The summed E-state index contributed by atoms with van der Waals surface area (Å²) in [6.45, 7) is 5.30. The fraction of sp³-hybridized carbons (Fsp3) is 0.333. The Balaban J connectivity index is 2.11. The number of hydrogen-bond donors (Lipinski definition) is 2. The molecule has 21 heavy (non-hydrogen) atoms. The van der Waals surface area contributed by atoms with Crippen molar-refractivity contribution in [2.75, 3.05) is 11.3 Å². The Labute approximate surface area is 125 Å². The maximum atomic E-state index is 12.3. The first-order chi connectivity index (χ1) is 10.0. The smallest absolute Gasteiger partial charge is 0.295 e. The van der Waals surface area contributed by atoms with Crippen LogP contribution in [0, 0.1) is 6.92 Å². The Morgan fingerprint density at radius 1 is 1.14 bits per heavy atom. The zero-order valence-corrected chi connectivity index (χ0v) is 13.0. The van der Waals surface area contributed by atoms with Crippen LogP contribution in [0.15, 0.2) is 45.9 Å². The molecule has 1 aromatic heterocycles. The zero-order chi connectivity index (χ0) is 15.3. The van der Waals surface area contributed by atoms with Crippen LogP contribution in [0.25, 0.3) is 0 Å². The van der Waals surface area contributed by atoms with Crippen LogP contribution < -0.4 is 10.0 Å². The second-order valence-corrected chi connectivity index (χ2v) is 6.43. The normalized spacial score (nSPS) is 11.5. The van der Waals surface area contributed by atoms with Crippen molar-refractivity contribution in [2.45, 2.75) is 31.9 Å². The van der Waals surface area contributed by atoms with Crippen molar-refractivity contribution in [3.05, 3.63) is 47.7 Å². The molecule has 0 spiro atoms. The first-order valence-electron chi connectivity index (χ1n) is 6.91. The van der Waals surface area contributed by atoms with E-state index < -0.39 is 10.0 Å². The molecule has 5 nitrogen and oxygen atoms in total. The molecule has 0 aliphatic heterocycles. The number of aryl methyl sites for hydroxylation is 1. The summed E-state index contributed by atoms with van der Waals surface area (Å²) in [5, 5.41) is 3.10. The van der Waals surface area contributed by atoms with E-state index in [9.17, 15) is 8.42 Å². The van der Waals surface area contributed by atoms with E-state index in [4.69, 9.17) is 4.42 Å². The summed E-state index contributed by atoms with van der Waals surface area (Å²) < 4.78 is 32.5. The molecule has 2 N–H and O–H groups in total. The highest BCUT2D eigenvalue weighted by Crippen LogP contribution is 2.20. The van der Waals surface area contributed by atoms with Crippen LogP contribution in [0.1, 0.15) is 24.7 Å². The van der Waals surface area contributed by atoms with Crippen molar-refractivity contribution in [1.82, 2.24) is 5.32 Å². The summed E-state index contributed by atoms with van der Waals surface area (Å²) in [7, 11) is -3.69. The SMILES string of the molecule is CCCNCc1ccc(S(=O)(=O)Nc2ccccc2C)o1. The van der Waals surface area contributed by atoms with Crippen LogP contribution in [0.3, 0.4) is 0 Å². The molecule has 0 aliphatic carbocycles. The highest BCUT2D eigenvalue weighted by molar-refractivity contribution is 7.92. The van der Waals surface area contributed by atoms with Gasteiger partial charge in [-0.2, -0.15) is 8.42 Å². The van der Waals surface area contributed by atoms with E-state index >= 15 is 0 Å². The highest BCUT2D eigenvalue weighted by Gasteiger charge is 2.19. The summed E-state index contributed by atoms with van der Waals surface area (Å²) >= 11 is 0. The molecule has 1 heterocycles. The lowest BCUT2D eigenvalue weighted by molar-refractivity contribution is 0.403. The topological polar surface area (TPSA) is 71.3 Å². The summed E-state index contributed by atoms with van der Waals surface area (Å²) in [6.07, 6.45) is 1.01. The van der Waals surface area contributed by atoms with Crippen LogP contribution in [-0.2, 0) is 16.6 Å². The molecule has 0 radical (unpaired) electrons. The maximum Gasteiger partial charge on any atom is 0.295 e. The van der Waals surface area contributed by atoms with Gasteiger partial charge in [-0.25, -0.2) is 0 Å². The molecular formula is C15H20N2O3S. The van der Waals surface area contributed by atoms with Gasteiger partial charge in [0.1, 0.15) is 5.76 Å². The second-order valence-electron chi connectivity index (χ2n) is 4.82. The third kappa shape index (κ3) is 4.09. The first kappa shape index (κ1) is 15.6. The number of benzene rings is 1. The van der Waals surface area contributed by atoms with Crippen LogP contribution in [0.5, 0.6) is 0 Å². The predicted octanol–water partition coefficient (Wildman–Crippen LogP) is 2.89. The van der Waals surface area contributed by atoms with Gasteiger partial charge in [0, 0.05) is 0 Å². The van der Waals surface area contributed by atoms with Crippen molar-refractivity contribution in [2.24, 2.45) is 0 Å². The van der Waals surface area contributed by atoms with E-state index in [1.807, 2.05) is 19.1 Å². The second kappa shape index (κ2) is 6.78. The van der Waals surface area contributed by atoms with Crippen LogP contribution in [0.2, 0.25) is 0 Å². The lowest BCUT2D eigenvalue weighted by Gasteiger charge is -2.08. The minimum absolute atomic E-state index is 0.0703. The predicted molar refractivity (Wildman–Crippen MR) is 82.7 cm³/mol. The average molecular weight is 308 g/mol. The van der Waals surface area contributed by atoms with Gasteiger partial charge in [-0.1, -0.05) is 25.1 Å². The molecule has 6 heteroatoms. The summed E-state index contributed by atoms with van der Waals surface area (Å²) in [4.78, 5) is 0. The number of anilines is 1. The van der Waals surface area contributed by atoms with E-state index in [2.05, 4.69) is 17.0 Å². The van der Waals surface area contributed by atoms with E-state index in [1.165, 1.54) is 6.07 Å². The molecule has 0 bridgehead atoms. The number of furan rings is 1. The van der Waals surface area contributed by atoms with Gasteiger partial charge in [-0.15, -0.1) is 0 Å². The fourth-order valence-electron chi connectivity index (χ4n) is 1.87. The number of nitrogens with one attached hydrogen (secondary N) is 2. The third-order valence-electron chi connectivity index (χ3n) is 3.02. The van der Waals surface area contributed by atoms with E-state index in [0.717, 1.165) is 18.5 Å². The summed E-state index contributed by atoms with van der Waals surface area (Å²) in [5.74, 6) is 0.605. The number of hydrogen-bond acceptors (Lipinski definition) is 4. The van der Waals surface area contributed by atoms with E-state index in [-0.39, 0.29) is 5.09 Å². The monoisotopic (exact) mass is 308 g/mol. The highest BCUT2D eigenvalue weighted by atomic mass is 32.2. The van der Waals surface area contributed by atoms with Gasteiger partial charge in [0.25, 0.3) is 10.0 Å². The number of rotatable bonds is 7. The Kier molecular flexibility index (Phi) is 5.03. The van der Waals surface area contributed by atoms with Gasteiger partial charge in [0.05, 0.1) is 12.2 Å². The average Bonchev–Trinajstić information content (AvgIpc) is 2.91. The lowest BCUT2D eigenvalue weighted by atomic mass is 10.2. The molecule has 0 unspecified atom stereocenters. The summed E-state index contributed by atoms with van der Waals surface area (Å²) in [5.41, 5.74) is 1.41. The lowest BCUT2D eigenvalue weighted by Crippen LogP contribution is -2.14. The molecule has 0 amide bonds. The molecule has 0 saturated carbocycles. The standard InChI is InChI=1S/C15H20N2O3S/c1-3-10-16-11-13-8-9-15(20-13)21(18,19)17-14-7-5-4-6-12(14)2/h4-9,16-17H,3,10-11H2,1-2H3. The van der Waals surface area contributed by atoms with Crippen LogP contribution in [-0.4, -0.2) is 15.0 Å². The minimum Gasteiger partial charge on any atom is -0.446 e. The van der Waals surface area contributed by atoms with Crippen molar-refractivity contribution in [1.29, 1.82) is 0 Å². The molecule has 0 atom stereocenters. The number of sulfonamides is 1. The molecule has 0 saturated heterocycles. The van der Waals surface area contributed by atoms with Gasteiger partial charge >= 0.3 is 0 Å². The van der Waals surface area contributed by atoms with Crippen molar-refractivity contribution in [3.63, 3.8) is 0 Å². The molecule has 1 aromatic carbocycles. The quantitative estimate of drug-likeness (QED) is 0.772. The molecule has 2 rings (SSSR count). The van der Waals surface area contributed by atoms with Gasteiger partial charge in [-0.05, 0) is 43.7 Å². The minimum atomic E-state index is -3.69. The Bertz CT molecular complexity index is 692. The fourth-order valence-corrected chi connectivity index (χ4v) is 2.95. The molecule has 0 aliphatic rings. The third-order valence-corrected chi connectivity index (χ3v) is 4.26. The Hall–Kier alpha value is -1.79. The Morgan fingerprint density at radius 3 is 2.62 bits per heavy atom. The van der Waals surface area contributed by atoms with Crippen molar-refractivity contribution < 1.29 is 12.8 Å². The van der Waals surface area contributed by atoms with E-state index in [1.54, 1.807) is 18.2 Å². The molecule has 0 fully saturated rings. The van der Waals surface area contributed by atoms with Crippen molar-refractivity contribution in [3.8, 4) is 0 Å².